The molecule has 9 rings (SSSR count). The van der Waals surface area contributed by atoms with E-state index in [1.54, 1.807) is 0 Å². The molecular weight excluding hydrogens is 530 g/mol. The van der Waals surface area contributed by atoms with E-state index in [-0.39, 0.29) is 11.0 Å². The van der Waals surface area contributed by atoms with Gasteiger partial charge in [-0.25, -0.2) is 18.6 Å². The maximum absolute atomic E-state index is 6.59. The lowest BCUT2D eigenvalue weighted by molar-refractivity contribution is -0.693. The number of benzene rings is 3. The molecule has 0 radical (unpaired) electrons. The maximum Gasteiger partial charge on any atom is 0.309 e. The first-order chi connectivity index (χ1) is 20.7. The van der Waals surface area contributed by atoms with Crippen molar-refractivity contribution in [3.63, 3.8) is 0 Å². The molecule has 0 bridgehead atoms. The lowest BCUT2D eigenvalue weighted by atomic mass is 9.89. The van der Waals surface area contributed by atoms with E-state index in [1.165, 1.54) is 50.3 Å². The quantitative estimate of drug-likeness (QED) is 0.220. The number of aromatic nitrogens is 5. The fraction of sp³-hybridized carbons (Fsp3) is 0.270. The van der Waals surface area contributed by atoms with Crippen molar-refractivity contribution in [3.8, 4) is 22.6 Å². The fourth-order valence-electron chi connectivity index (χ4n) is 8.99. The van der Waals surface area contributed by atoms with E-state index in [4.69, 9.17) is 9.51 Å². The smallest absolute Gasteiger partial charge is 0.287 e. The first-order valence-corrected chi connectivity index (χ1v) is 15.2. The highest BCUT2D eigenvalue weighted by atomic mass is 16.5. The predicted molar refractivity (Wildman–Crippen MR) is 167 cm³/mol. The van der Waals surface area contributed by atoms with Gasteiger partial charge >= 0.3 is 5.52 Å². The Hall–Kier alpha value is -4.71. The van der Waals surface area contributed by atoms with Crippen LogP contribution in [-0.2, 0) is 18.0 Å². The Kier molecular flexibility index (Phi) is 4.51. The third-order valence-corrected chi connectivity index (χ3v) is 11.0. The summed E-state index contributed by atoms with van der Waals surface area (Å²) in [5, 5.41) is 0. The Morgan fingerprint density at radius 1 is 0.930 bits per heavy atom. The molecule has 1 fully saturated rings. The highest BCUT2D eigenvalue weighted by molar-refractivity contribution is 5.88. The first kappa shape index (κ1) is 24.8. The number of rotatable bonds is 2. The van der Waals surface area contributed by atoms with Gasteiger partial charge in [-0.15, -0.1) is 0 Å². The zero-order valence-electron chi connectivity index (χ0n) is 25.7. The molecule has 1 spiro atoms. The van der Waals surface area contributed by atoms with Crippen LogP contribution in [0.5, 0.6) is 0 Å². The molecule has 0 N–H and O–H groups in total. The van der Waals surface area contributed by atoms with Gasteiger partial charge in [0.05, 0.1) is 29.3 Å². The molecular formula is C37H35N5O+2. The van der Waals surface area contributed by atoms with Crippen molar-refractivity contribution in [1.82, 2.24) is 14.0 Å². The molecule has 7 aromatic rings. The van der Waals surface area contributed by atoms with E-state index in [0.29, 0.717) is 5.92 Å². The van der Waals surface area contributed by atoms with Crippen LogP contribution in [0.3, 0.4) is 0 Å². The standard InChI is InChI=1S/C37H35N5O/c1-21-17-24(4)32-30(18-21)42-33(34-38-29(19-40(32)34)31-22(2)11-10-12-23(31)3)28(20-43-42)36(6)25(5)37(36)27-14-9-8-13-26(27)35-39(7)15-16-41(35)37/h8-20,25H,1-7H3/q+2/t25-,36?,37+/m1/s1. The minimum Gasteiger partial charge on any atom is -0.287 e. The summed E-state index contributed by atoms with van der Waals surface area (Å²) in [5.74, 6) is 1.59. The Labute approximate surface area is 250 Å². The monoisotopic (exact) mass is 565 g/mol. The zero-order chi connectivity index (χ0) is 29.6. The molecule has 5 heterocycles. The predicted octanol–water partition coefficient (Wildman–Crippen LogP) is 6.68. The zero-order valence-corrected chi connectivity index (χ0v) is 25.7. The molecule has 0 amide bonds. The summed E-state index contributed by atoms with van der Waals surface area (Å²) in [4.78, 5) is 5.42. The van der Waals surface area contributed by atoms with Gasteiger partial charge in [0.15, 0.2) is 11.8 Å². The summed E-state index contributed by atoms with van der Waals surface area (Å²) in [6, 6.07) is 19.9. The van der Waals surface area contributed by atoms with E-state index in [1.807, 2.05) is 10.8 Å². The normalized spacial score (nSPS) is 22.3. The van der Waals surface area contributed by atoms with Gasteiger partial charge in [-0.3, -0.25) is 4.40 Å². The third-order valence-electron chi connectivity index (χ3n) is 11.0. The van der Waals surface area contributed by atoms with Crippen molar-refractivity contribution in [2.24, 2.45) is 13.0 Å². The molecule has 3 atom stereocenters. The second-order valence-electron chi connectivity index (χ2n) is 13.2. The van der Waals surface area contributed by atoms with E-state index in [2.05, 4.69) is 135 Å². The molecule has 6 heteroatoms. The van der Waals surface area contributed by atoms with Crippen molar-refractivity contribution < 1.29 is 13.7 Å². The maximum atomic E-state index is 6.59. The van der Waals surface area contributed by atoms with Crippen molar-refractivity contribution in [1.29, 1.82) is 0 Å². The number of imidazole rings is 2. The average molecular weight is 566 g/mol. The minimum atomic E-state index is -0.226. The molecule has 1 aliphatic carbocycles. The number of nitrogens with zero attached hydrogens (tertiary/aromatic N) is 5. The lowest BCUT2D eigenvalue weighted by Gasteiger charge is -2.15. The van der Waals surface area contributed by atoms with E-state index in [9.17, 15) is 0 Å². The van der Waals surface area contributed by atoms with Gasteiger partial charge in [-0.2, -0.15) is 0 Å². The summed E-state index contributed by atoms with van der Waals surface area (Å²) < 4.78 is 15.7. The summed E-state index contributed by atoms with van der Waals surface area (Å²) in [6.07, 6.45) is 8.69. The van der Waals surface area contributed by atoms with Gasteiger partial charge in [-0.05, 0) is 62.9 Å². The molecule has 2 aliphatic rings. The minimum absolute atomic E-state index is 0.214. The highest BCUT2D eigenvalue weighted by Gasteiger charge is 2.82. The SMILES string of the molecule is Cc1cc(C)c2c(c1)[n+]1occ(C3(C)[C@@H](C)[C@]34c3ccccc3-c3n4cc[n+]3C)c1c1nc(-c3c(C)cccc3C)cn12. The second kappa shape index (κ2) is 7.81. The van der Waals surface area contributed by atoms with Crippen molar-refractivity contribution in [3.05, 3.63) is 113 Å². The molecule has 212 valence electrons. The van der Waals surface area contributed by atoms with Crippen LogP contribution in [0.15, 0.2) is 84.0 Å². The van der Waals surface area contributed by atoms with E-state index >= 15 is 0 Å². The largest absolute Gasteiger partial charge is 0.309 e. The van der Waals surface area contributed by atoms with Crippen molar-refractivity contribution in [2.75, 3.05) is 0 Å². The molecule has 3 aromatic carbocycles. The van der Waals surface area contributed by atoms with E-state index < -0.39 is 0 Å². The van der Waals surface area contributed by atoms with Gasteiger partial charge in [0.25, 0.3) is 11.3 Å². The number of hydrogen-bond donors (Lipinski definition) is 0. The fourth-order valence-corrected chi connectivity index (χ4v) is 8.99. The molecule has 1 aliphatic heterocycles. The number of aryl methyl sites for hydroxylation is 5. The molecule has 1 unspecified atom stereocenters. The van der Waals surface area contributed by atoms with Gasteiger partial charge in [-0.1, -0.05) is 49.4 Å². The third kappa shape index (κ3) is 2.69. The Morgan fingerprint density at radius 3 is 2.49 bits per heavy atom. The van der Waals surface area contributed by atoms with Crippen LogP contribution in [0.1, 0.15) is 47.2 Å². The number of fused-ring (bicyclic) bond motifs is 11. The molecule has 4 aromatic heterocycles. The average Bonchev–Trinajstić information content (AvgIpc) is 3.59. The van der Waals surface area contributed by atoms with Gasteiger partial charge in [0, 0.05) is 33.9 Å². The second-order valence-corrected chi connectivity index (χ2v) is 13.2. The van der Waals surface area contributed by atoms with Crippen LogP contribution in [0.4, 0.5) is 0 Å². The highest BCUT2D eigenvalue weighted by Crippen LogP contribution is 2.74. The van der Waals surface area contributed by atoms with Gasteiger partial charge in [0.2, 0.25) is 5.65 Å². The summed E-state index contributed by atoms with van der Waals surface area (Å²) in [7, 11) is 2.15. The Balaban J connectivity index is 1.41. The Morgan fingerprint density at radius 2 is 1.70 bits per heavy atom. The Bertz CT molecular complexity index is 2330. The number of hydrogen-bond acceptors (Lipinski definition) is 2. The van der Waals surface area contributed by atoms with E-state index in [0.717, 1.165) is 27.9 Å². The van der Waals surface area contributed by atoms with Gasteiger partial charge < -0.3 is 0 Å². The topological polar surface area (TPSA) is 43.3 Å². The molecule has 43 heavy (non-hydrogen) atoms. The molecule has 6 nitrogen and oxygen atoms in total. The molecule has 1 saturated carbocycles. The summed E-state index contributed by atoms with van der Waals surface area (Å²) in [5.41, 5.74) is 14.7. The summed E-state index contributed by atoms with van der Waals surface area (Å²) in [6.45, 7) is 13.5. The van der Waals surface area contributed by atoms with Crippen molar-refractivity contribution >= 4 is 22.2 Å². The van der Waals surface area contributed by atoms with Crippen LogP contribution >= 0.6 is 0 Å². The summed E-state index contributed by atoms with van der Waals surface area (Å²) >= 11 is 0. The van der Waals surface area contributed by atoms with Crippen LogP contribution in [0, 0.1) is 33.6 Å². The van der Waals surface area contributed by atoms with Crippen LogP contribution in [-0.4, -0.2) is 14.0 Å². The van der Waals surface area contributed by atoms with Gasteiger partial charge in [0.1, 0.15) is 17.9 Å². The lowest BCUT2D eigenvalue weighted by Crippen LogP contribution is -2.30. The molecule has 0 saturated heterocycles. The van der Waals surface area contributed by atoms with Crippen molar-refractivity contribution in [2.45, 2.75) is 52.5 Å². The van der Waals surface area contributed by atoms with Crippen LogP contribution < -0.4 is 9.14 Å². The van der Waals surface area contributed by atoms with Crippen LogP contribution in [0.25, 0.3) is 44.8 Å². The van der Waals surface area contributed by atoms with Crippen LogP contribution in [0.2, 0.25) is 0 Å². The first-order valence-electron chi connectivity index (χ1n) is 15.2.